The van der Waals surface area contributed by atoms with Crippen molar-refractivity contribution >= 4 is 78.2 Å². The van der Waals surface area contributed by atoms with Gasteiger partial charge >= 0.3 is 7.82 Å². The lowest BCUT2D eigenvalue weighted by molar-refractivity contribution is -0.139. The Kier molecular flexibility index (Phi) is 21.4. The van der Waals surface area contributed by atoms with Gasteiger partial charge in [0.2, 0.25) is 41.4 Å². The number of benzene rings is 1. The highest BCUT2D eigenvalue weighted by molar-refractivity contribution is 7.46. The van der Waals surface area contributed by atoms with Gasteiger partial charge in [0.15, 0.2) is 5.82 Å². The number of nitrogens with two attached hydrogens (primary N) is 1. The minimum atomic E-state index is -5.14. The van der Waals surface area contributed by atoms with E-state index in [2.05, 4.69) is 40.9 Å². The first-order valence-corrected chi connectivity index (χ1v) is 24.7. The highest BCUT2D eigenvalue weighted by Crippen LogP contribution is 2.38. The van der Waals surface area contributed by atoms with E-state index in [1.807, 2.05) is 44.2 Å². The van der Waals surface area contributed by atoms with Gasteiger partial charge in [0.05, 0.1) is 24.7 Å². The van der Waals surface area contributed by atoms with E-state index in [-0.39, 0.29) is 30.6 Å². The Hall–Kier alpha value is -6.11. The number of aliphatic hydroxyl groups is 1. The summed E-state index contributed by atoms with van der Waals surface area (Å²) in [4.78, 5) is 127. The minimum absolute atomic E-state index is 0.117. The van der Waals surface area contributed by atoms with E-state index < -0.39 is 80.3 Å². The van der Waals surface area contributed by atoms with Crippen LogP contribution in [0.15, 0.2) is 53.4 Å². The summed E-state index contributed by atoms with van der Waals surface area (Å²) in [5, 5.41) is 26.4. The van der Waals surface area contributed by atoms with E-state index in [4.69, 9.17) is 10.6 Å². The number of thiazole rings is 1. The van der Waals surface area contributed by atoms with Crippen LogP contribution in [0.2, 0.25) is 0 Å². The highest BCUT2D eigenvalue weighted by Gasteiger charge is 2.37. The maximum absolute atomic E-state index is 14.1. The molecule has 0 aliphatic carbocycles. The highest BCUT2D eigenvalue weighted by atomic mass is 32.1. The van der Waals surface area contributed by atoms with Crippen molar-refractivity contribution in [3.63, 3.8) is 0 Å². The SMILES string of the molecule is CC(=O)N(c1ccccc1)c1csc(/C=N/OCCCCCn2cncc2C[C@H](NC(=O)[C@H](CC(C)C)NC(=O)[C@@H]2CCCN2C(C)=O)C(=O)N[C@@H](CO)C(=O)N[C@H](C(N)=O)[C@@H](C)OP(=O)(O)O)n1. The molecule has 1 aliphatic rings. The predicted octanol–water partition coefficient (Wildman–Crippen LogP) is 0.759. The lowest BCUT2D eigenvalue weighted by Crippen LogP contribution is -2.61. The Morgan fingerprint density at radius 2 is 1.65 bits per heavy atom. The number of hydrogen-bond acceptors (Lipinski definition) is 15. The van der Waals surface area contributed by atoms with Gasteiger partial charge < -0.3 is 56.2 Å². The zero-order chi connectivity index (χ0) is 50.8. The Bertz CT molecular complexity index is 2310. The molecular weight excluding hydrogens is 942 g/mol. The van der Waals surface area contributed by atoms with Crippen LogP contribution < -0.4 is 31.9 Å². The maximum Gasteiger partial charge on any atom is 0.469 e. The number of phosphoric ester groups is 1. The van der Waals surface area contributed by atoms with Gasteiger partial charge in [0, 0.05) is 50.6 Å². The van der Waals surface area contributed by atoms with Gasteiger partial charge in [-0.1, -0.05) is 37.2 Å². The van der Waals surface area contributed by atoms with Crippen LogP contribution in [0.4, 0.5) is 11.5 Å². The first-order valence-electron chi connectivity index (χ1n) is 22.3. The van der Waals surface area contributed by atoms with E-state index >= 15 is 0 Å². The molecule has 0 unspecified atom stereocenters. The molecule has 1 aliphatic heterocycles. The van der Waals surface area contributed by atoms with E-state index in [0.29, 0.717) is 74.0 Å². The summed E-state index contributed by atoms with van der Waals surface area (Å²) in [5.41, 5.74) is 6.53. The van der Waals surface area contributed by atoms with Crippen LogP contribution in [-0.2, 0) is 60.5 Å². The minimum Gasteiger partial charge on any atom is -0.396 e. The molecular formula is C43H62N11O13PS. The van der Waals surface area contributed by atoms with Crippen LogP contribution in [0.25, 0.3) is 0 Å². The van der Waals surface area contributed by atoms with Crippen molar-refractivity contribution in [2.75, 3.05) is 24.7 Å². The van der Waals surface area contributed by atoms with Crippen LogP contribution >= 0.6 is 19.2 Å². The molecule has 9 N–H and O–H groups in total. The Morgan fingerprint density at radius 1 is 0.971 bits per heavy atom. The second-order valence-corrected chi connectivity index (χ2v) is 18.8. The number of phosphoric acid groups is 1. The average molecular weight is 1000 g/mol. The summed E-state index contributed by atoms with van der Waals surface area (Å²) < 4.78 is 17.7. The molecule has 1 fully saturated rings. The standard InChI is InChI=1S/C43H62N11O13PS/c1-26(2)19-32(48-43(62)35-15-12-17-53(35)28(4)56)40(59)47-33(41(60)49-34(23-55)42(61)51-38(39(44)58)27(3)67-68(63,64)65)20-31-21-45-25-52(31)16-10-7-11-18-66-46-22-37-50-36(24-69-37)54(29(5)57)30-13-8-6-9-14-30/h6,8-9,13-14,21-22,24-27,32-35,38,55H,7,10-12,15-20,23H2,1-5H3,(H2,44,58)(H,47,59)(H,48,62)(H,49,60)(H,51,61)(H2,63,64,65)/b46-22+/t27-,32+,33+,34+,35+,38+/m1/s1. The first-order chi connectivity index (χ1) is 32.7. The van der Waals surface area contributed by atoms with Crippen molar-refractivity contribution < 1.29 is 62.4 Å². The summed E-state index contributed by atoms with van der Waals surface area (Å²) in [6, 6.07) is 2.18. The Labute approximate surface area is 403 Å². The summed E-state index contributed by atoms with van der Waals surface area (Å²) in [6.07, 6.45) is 5.77. The Morgan fingerprint density at radius 3 is 2.29 bits per heavy atom. The zero-order valence-electron chi connectivity index (χ0n) is 39.1. The van der Waals surface area contributed by atoms with Gasteiger partial charge in [-0.25, -0.2) is 14.5 Å². The van der Waals surface area contributed by atoms with Crippen molar-refractivity contribution in [3.05, 3.63) is 58.9 Å². The molecule has 3 heterocycles. The smallest absolute Gasteiger partial charge is 0.396 e. The normalized spacial score (nSPS) is 16.0. The lowest BCUT2D eigenvalue weighted by atomic mass is 10.0. The third kappa shape index (κ3) is 17.4. The number of carbonyl (C=O) groups excluding carboxylic acids is 7. The first kappa shape index (κ1) is 55.5. The van der Waals surface area contributed by atoms with Crippen molar-refractivity contribution in [1.29, 1.82) is 0 Å². The van der Waals surface area contributed by atoms with Crippen LogP contribution in [0.1, 0.15) is 83.8 Å². The fourth-order valence-corrected chi connectivity index (χ4v) is 8.66. The molecule has 69 heavy (non-hydrogen) atoms. The Balaban J connectivity index is 1.43. The van der Waals surface area contributed by atoms with Crippen LogP contribution in [0, 0.1) is 5.92 Å². The molecule has 0 bridgehead atoms. The molecule has 378 valence electrons. The second-order valence-electron chi connectivity index (χ2n) is 16.7. The molecule has 3 aromatic rings. The fraction of sp³-hybridized carbons (Fsp3) is 0.535. The van der Waals surface area contributed by atoms with Gasteiger partial charge in [0.25, 0.3) is 0 Å². The third-order valence-electron chi connectivity index (χ3n) is 10.8. The molecule has 6 atom stereocenters. The van der Waals surface area contributed by atoms with Crippen LogP contribution in [-0.4, -0.2) is 138 Å². The number of imidazole rings is 1. The molecule has 0 saturated carbocycles. The van der Waals surface area contributed by atoms with E-state index in [1.54, 1.807) is 16.3 Å². The molecule has 0 radical (unpaired) electrons. The van der Waals surface area contributed by atoms with Crippen LogP contribution in [0.3, 0.4) is 0 Å². The number of anilines is 2. The number of oxime groups is 1. The summed E-state index contributed by atoms with van der Waals surface area (Å²) >= 11 is 1.30. The number of aliphatic hydroxyl groups excluding tert-OH is 1. The number of aryl methyl sites for hydroxylation is 1. The maximum atomic E-state index is 14.1. The number of primary amides is 1. The lowest BCUT2D eigenvalue weighted by Gasteiger charge is -2.28. The quantitative estimate of drug-likeness (QED) is 0.0226. The molecule has 4 rings (SSSR count). The van der Waals surface area contributed by atoms with Crippen LogP contribution in [0.5, 0.6) is 0 Å². The molecule has 1 aromatic carbocycles. The largest absolute Gasteiger partial charge is 0.469 e. The van der Waals surface area contributed by atoms with Crippen molar-refractivity contribution in [3.8, 4) is 0 Å². The molecule has 26 heteroatoms. The predicted molar refractivity (Wildman–Crippen MR) is 251 cm³/mol. The van der Waals surface area contributed by atoms with Gasteiger partial charge in [-0.15, -0.1) is 11.3 Å². The zero-order valence-corrected chi connectivity index (χ0v) is 40.8. The fourth-order valence-electron chi connectivity index (χ4n) is 7.47. The molecule has 24 nitrogen and oxygen atoms in total. The molecule has 7 amide bonds. The number of para-hydroxylation sites is 1. The van der Waals surface area contributed by atoms with Gasteiger partial charge in [0.1, 0.15) is 48.0 Å². The van der Waals surface area contributed by atoms with E-state index in [9.17, 15) is 53.0 Å². The third-order valence-corrected chi connectivity index (χ3v) is 12.2. The van der Waals surface area contributed by atoms with Gasteiger partial charge in [-0.3, -0.25) is 43.0 Å². The van der Waals surface area contributed by atoms with Crippen molar-refractivity contribution in [1.82, 2.24) is 40.7 Å². The average Bonchev–Trinajstić information content (AvgIpc) is 4.07. The molecule has 0 spiro atoms. The number of rotatable bonds is 27. The van der Waals surface area contributed by atoms with Crippen molar-refractivity contribution in [2.24, 2.45) is 16.8 Å². The summed E-state index contributed by atoms with van der Waals surface area (Å²) in [6.45, 7) is 7.62. The summed E-state index contributed by atoms with van der Waals surface area (Å²) in [5.74, 6) is -4.79. The van der Waals surface area contributed by atoms with E-state index in [1.165, 1.54) is 47.4 Å². The van der Waals surface area contributed by atoms with E-state index in [0.717, 1.165) is 6.92 Å². The number of carbonyl (C=O) groups is 7. The number of nitrogens with one attached hydrogen (secondary N) is 4. The summed E-state index contributed by atoms with van der Waals surface area (Å²) in [7, 11) is -5.14. The number of unbranched alkanes of at least 4 members (excludes halogenated alkanes) is 2. The van der Waals surface area contributed by atoms with Gasteiger partial charge in [-0.05, 0) is 63.5 Å². The number of likely N-dealkylation sites (tertiary alicyclic amines) is 1. The monoisotopic (exact) mass is 1000 g/mol. The van der Waals surface area contributed by atoms with Crippen molar-refractivity contribution in [2.45, 2.75) is 122 Å². The number of aromatic nitrogens is 3. The molecule has 2 aromatic heterocycles. The number of nitrogens with zero attached hydrogens (tertiary/aromatic N) is 6. The molecule has 1 saturated heterocycles. The number of hydrogen-bond donors (Lipinski definition) is 8. The van der Waals surface area contributed by atoms with Gasteiger partial charge in [-0.2, -0.15) is 0 Å². The topological polar surface area (TPSA) is 339 Å². The second kappa shape index (κ2) is 26.6. The number of amides is 7.